The summed E-state index contributed by atoms with van der Waals surface area (Å²) >= 11 is 6.01. The molecule has 6 heteroatoms. The number of aromatic nitrogens is 3. The third-order valence-electron chi connectivity index (χ3n) is 4.38. The van der Waals surface area contributed by atoms with Crippen LogP contribution in [0, 0.1) is 0 Å². The summed E-state index contributed by atoms with van der Waals surface area (Å²) in [6.45, 7) is 2.90. The van der Waals surface area contributed by atoms with E-state index in [-0.39, 0.29) is 6.10 Å². The Hall–Kier alpha value is -2.11. The van der Waals surface area contributed by atoms with Gasteiger partial charge in [0.25, 0.3) is 0 Å². The molecule has 0 saturated carbocycles. The van der Waals surface area contributed by atoms with Crippen molar-refractivity contribution in [2.24, 2.45) is 0 Å². The van der Waals surface area contributed by atoms with Gasteiger partial charge in [0.05, 0.1) is 6.20 Å². The minimum atomic E-state index is 0.252. The lowest BCUT2D eigenvalue weighted by Crippen LogP contribution is -2.37. The van der Waals surface area contributed by atoms with Crippen molar-refractivity contribution >= 4 is 17.2 Å². The Bertz CT molecular complexity index is 827. The van der Waals surface area contributed by atoms with Crippen molar-refractivity contribution in [2.75, 3.05) is 13.1 Å². The van der Waals surface area contributed by atoms with Gasteiger partial charge in [0, 0.05) is 42.6 Å². The Morgan fingerprint density at radius 2 is 2.08 bits per heavy atom. The summed E-state index contributed by atoms with van der Waals surface area (Å²) in [7, 11) is 0. The fourth-order valence-corrected chi connectivity index (χ4v) is 3.33. The van der Waals surface area contributed by atoms with Gasteiger partial charge in [-0.15, -0.1) is 0 Å². The van der Waals surface area contributed by atoms with E-state index in [2.05, 4.69) is 15.0 Å². The number of benzene rings is 1. The third kappa shape index (κ3) is 3.37. The molecule has 0 radical (unpaired) electrons. The SMILES string of the molecule is Clc1cccc(OC2CCN(Cc3cnn4cccnc34)CC2)c1. The smallest absolute Gasteiger partial charge is 0.159 e. The summed E-state index contributed by atoms with van der Waals surface area (Å²) in [5.74, 6) is 0.854. The largest absolute Gasteiger partial charge is 0.490 e. The number of rotatable bonds is 4. The van der Waals surface area contributed by atoms with Crippen molar-refractivity contribution in [3.63, 3.8) is 0 Å². The number of hydrogen-bond acceptors (Lipinski definition) is 4. The summed E-state index contributed by atoms with van der Waals surface area (Å²) in [5, 5.41) is 5.07. The molecule has 0 spiro atoms. The van der Waals surface area contributed by atoms with Crippen LogP contribution >= 0.6 is 11.6 Å². The summed E-state index contributed by atoms with van der Waals surface area (Å²) in [4.78, 5) is 6.86. The molecule has 0 amide bonds. The molecule has 1 aliphatic rings. The molecule has 4 rings (SSSR count). The predicted octanol–water partition coefficient (Wildman–Crippen LogP) is 3.43. The molecule has 1 aromatic carbocycles. The number of ether oxygens (including phenoxy) is 1. The summed E-state index contributed by atoms with van der Waals surface area (Å²) in [6, 6.07) is 9.51. The van der Waals surface area contributed by atoms with E-state index in [9.17, 15) is 0 Å². The molecule has 124 valence electrons. The van der Waals surface area contributed by atoms with Gasteiger partial charge in [-0.25, -0.2) is 9.50 Å². The average molecular weight is 343 g/mol. The monoisotopic (exact) mass is 342 g/mol. The first-order chi connectivity index (χ1) is 11.8. The Morgan fingerprint density at radius 3 is 2.92 bits per heavy atom. The second-order valence-electron chi connectivity index (χ2n) is 6.11. The molecule has 0 unspecified atom stereocenters. The molecule has 1 aliphatic heterocycles. The van der Waals surface area contributed by atoms with Crippen molar-refractivity contribution in [1.82, 2.24) is 19.5 Å². The normalized spacial score (nSPS) is 16.5. The minimum absolute atomic E-state index is 0.252. The van der Waals surface area contributed by atoms with E-state index in [1.165, 1.54) is 5.56 Å². The van der Waals surface area contributed by atoms with Crippen molar-refractivity contribution in [3.05, 3.63) is 59.5 Å². The van der Waals surface area contributed by atoms with Crippen LogP contribution in [0.4, 0.5) is 0 Å². The Labute approximate surface area is 145 Å². The highest BCUT2D eigenvalue weighted by Gasteiger charge is 2.21. The number of hydrogen-bond donors (Lipinski definition) is 0. The molecule has 0 bridgehead atoms. The third-order valence-corrected chi connectivity index (χ3v) is 4.61. The number of likely N-dealkylation sites (tertiary alicyclic amines) is 1. The quantitative estimate of drug-likeness (QED) is 0.728. The predicted molar refractivity (Wildman–Crippen MR) is 93.4 cm³/mol. The maximum Gasteiger partial charge on any atom is 0.159 e. The van der Waals surface area contributed by atoms with Crippen LogP contribution in [0.5, 0.6) is 5.75 Å². The first kappa shape index (κ1) is 15.4. The van der Waals surface area contributed by atoms with Crippen molar-refractivity contribution in [1.29, 1.82) is 0 Å². The fourth-order valence-electron chi connectivity index (χ4n) is 3.15. The number of halogens is 1. The van der Waals surface area contributed by atoms with Crippen LogP contribution in [-0.2, 0) is 6.54 Å². The molecule has 3 aromatic rings. The van der Waals surface area contributed by atoms with E-state index >= 15 is 0 Å². The zero-order chi connectivity index (χ0) is 16.4. The van der Waals surface area contributed by atoms with Gasteiger partial charge in [0.15, 0.2) is 5.65 Å². The molecule has 3 heterocycles. The molecule has 24 heavy (non-hydrogen) atoms. The molecule has 1 saturated heterocycles. The van der Waals surface area contributed by atoms with E-state index in [1.54, 1.807) is 0 Å². The van der Waals surface area contributed by atoms with Crippen LogP contribution in [-0.4, -0.2) is 38.7 Å². The summed E-state index contributed by atoms with van der Waals surface area (Å²) < 4.78 is 7.87. The maximum absolute atomic E-state index is 6.05. The second-order valence-corrected chi connectivity index (χ2v) is 6.54. The second kappa shape index (κ2) is 6.79. The molecule has 1 fully saturated rings. The molecule has 0 atom stereocenters. The van der Waals surface area contributed by atoms with Gasteiger partial charge in [-0.1, -0.05) is 17.7 Å². The highest BCUT2D eigenvalue weighted by Crippen LogP contribution is 2.23. The standard InChI is InChI=1S/C18H19ClN4O/c19-15-3-1-4-17(11-15)24-16-5-9-22(10-6-16)13-14-12-21-23-8-2-7-20-18(14)23/h1-4,7-8,11-12,16H,5-6,9-10,13H2. The van der Waals surface area contributed by atoms with Gasteiger partial charge in [0.1, 0.15) is 11.9 Å². The zero-order valence-electron chi connectivity index (χ0n) is 13.3. The van der Waals surface area contributed by atoms with Gasteiger partial charge in [-0.2, -0.15) is 5.10 Å². The first-order valence-corrected chi connectivity index (χ1v) is 8.57. The average Bonchev–Trinajstić information content (AvgIpc) is 3.00. The van der Waals surface area contributed by atoms with Gasteiger partial charge < -0.3 is 4.74 Å². The molecule has 0 aliphatic carbocycles. The van der Waals surface area contributed by atoms with E-state index in [0.29, 0.717) is 5.02 Å². The van der Waals surface area contributed by atoms with Crippen LogP contribution in [0.2, 0.25) is 5.02 Å². The lowest BCUT2D eigenvalue weighted by molar-refractivity contribution is 0.0970. The van der Waals surface area contributed by atoms with Crippen molar-refractivity contribution in [3.8, 4) is 5.75 Å². The minimum Gasteiger partial charge on any atom is -0.490 e. The Morgan fingerprint density at radius 1 is 1.21 bits per heavy atom. The van der Waals surface area contributed by atoms with E-state index in [1.807, 2.05) is 53.4 Å². The Balaban J connectivity index is 1.34. The topological polar surface area (TPSA) is 42.7 Å². The van der Waals surface area contributed by atoms with Crippen molar-refractivity contribution < 1.29 is 4.74 Å². The first-order valence-electron chi connectivity index (χ1n) is 8.20. The summed E-state index contributed by atoms with van der Waals surface area (Å²) in [5.41, 5.74) is 2.11. The van der Waals surface area contributed by atoms with Crippen LogP contribution < -0.4 is 4.74 Å². The fraction of sp³-hybridized carbons (Fsp3) is 0.333. The van der Waals surface area contributed by atoms with Gasteiger partial charge in [-0.05, 0) is 37.1 Å². The molecular formula is C18H19ClN4O. The molecule has 0 N–H and O–H groups in total. The lowest BCUT2D eigenvalue weighted by atomic mass is 10.1. The van der Waals surface area contributed by atoms with Crippen molar-refractivity contribution in [2.45, 2.75) is 25.5 Å². The van der Waals surface area contributed by atoms with E-state index in [0.717, 1.165) is 43.9 Å². The highest BCUT2D eigenvalue weighted by molar-refractivity contribution is 6.30. The van der Waals surface area contributed by atoms with Gasteiger partial charge in [-0.3, -0.25) is 4.90 Å². The summed E-state index contributed by atoms with van der Waals surface area (Å²) in [6.07, 6.45) is 7.93. The maximum atomic E-state index is 6.05. The van der Waals surface area contributed by atoms with Crippen LogP contribution in [0.15, 0.2) is 48.9 Å². The highest BCUT2D eigenvalue weighted by atomic mass is 35.5. The van der Waals surface area contributed by atoms with Crippen LogP contribution in [0.3, 0.4) is 0 Å². The number of fused-ring (bicyclic) bond motifs is 1. The van der Waals surface area contributed by atoms with Crippen LogP contribution in [0.25, 0.3) is 5.65 Å². The number of nitrogens with zero attached hydrogens (tertiary/aromatic N) is 4. The zero-order valence-corrected chi connectivity index (χ0v) is 14.1. The molecule has 2 aromatic heterocycles. The molecule has 5 nitrogen and oxygen atoms in total. The Kier molecular flexibility index (Phi) is 4.36. The van der Waals surface area contributed by atoms with Crippen LogP contribution in [0.1, 0.15) is 18.4 Å². The van der Waals surface area contributed by atoms with E-state index < -0.39 is 0 Å². The van der Waals surface area contributed by atoms with E-state index in [4.69, 9.17) is 16.3 Å². The van der Waals surface area contributed by atoms with Gasteiger partial charge >= 0.3 is 0 Å². The number of piperidine rings is 1. The lowest BCUT2D eigenvalue weighted by Gasteiger charge is -2.31. The van der Waals surface area contributed by atoms with Gasteiger partial charge in [0.2, 0.25) is 0 Å². The molecular weight excluding hydrogens is 324 g/mol.